The van der Waals surface area contributed by atoms with E-state index in [0.717, 1.165) is 64.2 Å². The third-order valence-corrected chi connectivity index (χ3v) is 6.93. The van der Waals surface area contributed by atoms with E-state index in [1.165, 1.54) is 5.56 Å². The van der Waals surface area contributed by atoms with Crippen molar-refractivity contribution >= 4 is 17.2 Å². The van der Waals surface area contributed by atoms with Gasteiger partial charge < -0.3 is 14.2 Å². The topological polar surface area (TPSA) is 50.6 Å². The summed E-state index contributed by atoms with van der Waals surface area (Å²) in [7, 11) is 0. The molecule has 1 amide bonds. The molecule has 5 rings (SSSR count). The highest BCUT2D eigenvalue weighted by Gasteiger charge is 2.47. The van der Waals surface area contributed by atoms with Gasteiger partial charge in [0.2, 0.25) is 0 Å². The lowest BCUT2D eigenvalue weighted by molar-refractivity contribution is -0.180. The number of amides is 1. The largest absolute Gasteiger partial charge is 0.352 e. The maximum Gasteiger partial charge on any atom is 0.253 e. The van der Waals surface area contributed by atoms with Crippen LogP contribution in [0.4, 0.5) is 0 Å². The number of aromatic nitrogens is 2. The SMILES string of the molecule is O=C([C@@H]1Cn2ccnc2C2(CCN(Cc3ccsc3)CC2)O1)N1CCCC1. The van der Waals surface area contributed by atoms with E-state index in [1.807, 2.05) is 17.3 Å². The predicted octanol–water partition coefficient (Wildman–Crippen LogP) is 2.46. The summed E-state index contributed by atoms with van der Waals surface area (Å²) in [5.74, 6) is 1.16. The number of nitrogens with zero attached hydrogens (tertiary/aromatic N) is 4. The molecule has 2 aromatic rings. The summed E-state index contributed by atoms with van der Waals surface area (Å²) in [5.41, 5.74) is 0.955. The van der Waals surface area contributed by atoms with Crippen molar-refractivity contribution in [3.05, 3.63) is 40.6 Å². The Hall–Kier alpha value is -1.70. The first-order chi connectivity index (χ1) is 13.2. The molecule has 3 aliphatic rings. The number of likely N-dealkylation sites (tertiary alicyclic amines) is 2. The van der Waals surface area contributed by atoms with Crippen LogP contribution in [0.3, 0.4) is 0 Å². The molecule has 0 unspecified atom stereocenters. The smallest absolute Gasteiger partial charge is 0.253 e. The number of piperidine rings is 1. The molecule has 144 valence electrons. The number of thiophene rings is 1. The van der Waals surface area contributed by atoms with Gasteiger partial charge >= 0.3 is 0 Å². The molecule has 27 heavy (non-hydrogen) atoms. The monoisotopic (exact) mass is 386 g/mol. The minimum absolute atomic E-state index is 0.159. The van der Waals surface area contributed by atoms with Crippen LogP contribution < -0.4 is 0 Å². The zero-order valence-corrected chi connectivity index (χ0v) is 16.4. The second-order valence-corrected chi connectivity index (χ2v) is 8.72. The summed E-state index contributed by atoms with van der Waals surface area (Å²) >= 11 is 1.75. The van der Waals surface area contributed by atoms with E-state index in [-0.39, 0.29) is 12.0 Å². The lowest BCUT2D eigenvalue weighted by Gasteiger charge is -2.46. The van der Waals surface area contributed by atoms with E-state index in [2.05, 4.69) is 31.3 Å². The van der Waals surface area contributed by atoms with Crippen molar-refractivity contribution in [3.8, 4) is 0 Å². The highest BCUT2D eigenvalue weighted by Crippen LogP contribution is 2.40. The van der Waals surface area contributed by atoms with Gasteiger partial charge in [0.25, 0.3) is 5.91 Å². The van der Waals surface area contributed by atoms with Gasteiger partial charge in [-0.25, -0.2) is 4.98 Å². The summed E-state index contributed by atoms with van der Waals surface area (Å²) in [6.07, 6.45) is 7.46. The van der Waals surface area contributed by atoms with Crippen molar-refractivity contribution in [2.24, 2.45) is 0 Å². The van der Waals surface area contributed by atoms with Crippen LogP contribution >= 0.6 is 11.3 Å². The first-order valence-corrected chi connectivity index (χ1v) is 10.9. The van der Waals surface area contributed by atoms with Crippen molar-refractivity contribution in [1.29, 1.82) is 0 Å². The van der Waals surface area contributed by atoms with Gasteiger partial charge in [-0.3, -0.25) is 9.69 Å². The summed E-state index contributed by atoms with van der Waals surface area (Å²) in [6, 6.07) is 2.20. The molecule has 6 nitrogen and oxygen atoms in total. The second kappa shape index (κ2) is 7.04. The van der Waals surface area contributed by atoms with Crippen molar-refractivity contribution in [3.63, 3.8) is 0 Å². The van der Waals surface area contributed by atoms with Gasteiger partial charge in [-0.1, -0.05) is 0 Å². The van der Waals surface area contributed by atoms with E-state index in [1.54, 1.807) is 11.3 Å². The Bertz CT molecular complexity index is 789. The lowest BCUT2D eigenvalue weighted by Crippen LogP contribution is -2.54. The number of carbonyl (C=O) groups is 1. The average molecular weight is 387 g/mol. The Morgan fingerprint density at radius 3 is 2.81 bits per heavy atom. The molecule has 0 saturated carbocycles. The number of carbonyl (C=O) groups excluding carboxylic acids is 1. The molecule has 2 fully saturated rings. The minimum atomic E-state index is -0.424. The third kappa shape index (κ3) is 3.22. The Balaban J connectivity index is 1.33. The molecule has 1 spiro atoms. The first kappa shape index (κ1) is 17.4. The van der Waals surface area contributed by atoms with Crippen LogP contribution in [0.2, 0.25) is 0 Å². The molecule has 0 radical (unpaired) electrons. The molecule has 7 heteroatoms. The van der Waals surface area contributed by atoms with Crippen molar-refractivity contribution in [2.75, 3.05) is 26.2 Å². The van der Waals surface area contributed by atoms with E-state index in [4.69, 9.17) is 4.74 Å². The summed E-state index contributed by atoms with van der Waals surface area (Å²) in [4.78, 5) is 22.1. The average Bonchev–Trinajstić information content (AvgIpc) is 3.45. The van der Waals surface area contributed by atoms with Gasteiger partial charge in [0.1, 0.15) is 11.4 Å². The Kier molecular flexibility index (Phi) is 4.53. The minimum Gasteiger partial charge on any atom is -0.352 e. The van der Waals surface area contributed by atoms with Crippen molar-refractivity contribution in [2.45, 2.75) is 50.5 Å². The van der Waals surface area contributed by atoms with E-state index in [9.17, 15) is 4.79 Å². The maximum absolute atomic E-state index is 13.0. The van der Waals surface area contributed by atoms with Gasteiger partial charge in [0.15, 0.2) is 6.10 Å². The molecule has 0 N–H and O–H groups in total. The number of hydrogen-bond donors (Lipinski definition) is 0. The highest BCUT2D eigenvalue weighted by molar-refractivity contribution is 7.07. The molecule has 2 aromatic heterocycles. The molecule has 0 aliphatic carbocycles. The van der Waals surface area contributed by atoms with Crippen LogP contribution in [0, 0.1) is 0 Å². The second-order valence-electron chi connectivity index (χ2n) is 7.94. The van der Waals surface area contributed by atoms with Gasteiger partial charge in [-0.05, 0) is 48.1 Å². The Morgan fingerprint density at radius 1 is 1.26 bits per heavy atom. The summed E-state index contributed by atoms with van der Waals surface area (Å²) < 4.78 is 8.71. The van der Waals surface area contributed by atoms with E-state index < -0.39 is 5.60 Å². The van der Waals surface area contributed by atoms with E-state index >= 15 is 0 Å². The van der Waals surface area contributed by atoms with Crippen LogP contribution in [0.15, 0.2) is 29.2 Å². The normalized spacial score (nSPS) is 25.0. The van der Waals surface area contributed by atoms with Crippen molar-refractivity contribution < 1.29 is 9.53 Å². The zero-order valence-electron chi connectivity index (χ0n) is 15.5. The van der Waals surface area contributed by atoms with Gasteiger partial charge in [-0.15, -0.1) is 0 Å². The molecule has 1 atom stereocenters. The summed E-state index contributed by atoms with van der Waals surface area (Å²) in [6.45, 7) is 5.25. The van der Waals surface area contributed by atoms with Crippen molar-refractivity contribution in [1.82, 2.24) is 19.4 Å². The fourth-order valence-electron chi connectivity index (χ4n) is 4.72. The van der Waals surface area contributed by atoms with Crippen LogP contribution in [0.1, 0.15) is 37.1 Å². The fourth-order valence-corrected chi connectivity index (χ4v) is 5.38. The van der Waals surface area contributed by atoms with Gasteiger partial charge in [0, 0.05) is 45.1 Å². The molecule has 3 aliphatic heterocycles. The number of ether oxygens (including phenoxy) is 1. The third-order valence-electron chi connectivity index (χ3n) is 6.20. The molecule has 5 heterocycles. The van der Waals surface area contributed by atoms with Crippen LogP contribution in [0.25, 0.3) is 0 Å². The highest BCUT2D eigenvalue weighted by atomic mass is 32.1. The van der Waals surface area contributed by atoms with Gasteiger partial charge in [0.05, 0.1) is 6.54 Å². The standard InChI is InChI=1S/C20H26N4O2S/c25-18(23-7-1-2-8-23)17-14-24-11-6-21-19(24)20(26-17)4-9-22(10-5-20)13-16-3-12-27-15-16/h3,6,11-12,15,17H,1-2,4-5,7-10,13-14H2/t17-/m0/s1. The predicted molar refractivity (Wildman–Crippen MR) is 103 cm³/mol. The maximum atomic E-state index is 13.0. The Morgan fingerprint density at radius 2 is 2.07 bits per heavy atom. The number of rotatable bonds is 3. The van der Waals surface area contributed by atoms with E-state index in [0.29, 0.717) is 6.54 Å². The Labute approximate surface area is 163 Å². The number of fused-ring (bicyclic) bond motifs is 2. The molecule has 0 aromatic carbocycles. The molecular weight excluding hydrogens is 360 g/mol. The lowest BCUT2D eigenvalue weighted by atomic mass is 9.88. The van der Waals surface area contributed by atoms with Crippen LogP contribution in [0.5, 0.6) is 0 Å². The quantitative estimate of drug-likeness (QED) is 0.813. The van der Waals surface area contributed by atoms with Crippen LogP contribution in [-0.2, 0) is 28.2 Å². The zero-order chi connectivity index (χ0) is 18.3. The molecule has 0 bridgehead atoms. The molecular formula is C20H26N4O2S. The van der Waals surface area contributed by atoms with Gasteiger partial charge in [-0.2, -0.15) is 11.3 Å². The first-order valence-electron chi connectivity index (χ1n) is 9.95. The van der Waals surface area contributed by atoms with Crippen LogP contribution in [-0.4, -0.2) is 57.5 Å². The number of imidazole rings is 1. The molecule has 2 saturated heterocycles. The number of hydrogen-bond acceptors (Lipinski definition) is 5. The fraction of sp³-hybridized carbons (Fsp3) is 0.600. The summed E-state index contributed by atoms with van der Waals surface area (Å²) in [5, 5.41) is 4.36.